The summed E-state index contributed by atoms with van der Waals surface area (Å²) in [5, 5.41) is 0.711. The third kappa shape index (κ3) is 4.30. The number of fused-ring (bicyclic) bond motifs is 1. The monoisotopic (exact) mass is 377 g/mol. The van der Waals surface area contributed by atoms with Crippen molar-refractivity contribution in [1.82, 2.24) is 14.9 Å². The van der Waals surface area contributed by atoms with E-state index in [1.165, 1.54) is 11.8 Å². The summed E-state index contributed by atoms with van der Waals surface area (Å²) in [4.78, 5) is 33.7. The first-order chi connectivity index (χ1) is 12.6. The van der Waals surface area contributed by atoms with E-state index in [4.69, 9.17) is 9.47 Å². The van der Waals surface area contributed by atoms with E-state index in [0.29, 0.717) is 43.4 Å². The van der Waals surface area contributed by atoms with Crippen molar-refractivity contribution in [2.24, 2.45) is 5.92 Å². The van der Waals surface area contributed by atoms with E-state index in [9.17, 15) is 9.59 Å². The summed E-state index contributed by atoms with van der Waals surface area (Å²) >= 11 is 1.39. The second-order valence-corrected chi connectivity index (χ2v) is 7.08. The van der Waals surface area contributed by atoms with Crippen molar-refractivity contribution in [2.45, 2.75) is 24.9 Å². The SMILES string of the molecule is CCOC(=O)C1CCN(C(=O)CSc2nc3ccc(OC)cc3[nH]2)CC1. The van der Waals surface area contributed by atoms with Gasteiger partial charge in [0.2, 0.25) is 5.91 Å². The topological polar surface area (TPSA) is 84.5 Å². The van der Waals surface area contributed by atoms with Gasteiger partial charge in [-0.1, -0.05) is 11.8 Å². The summed E-state index contributed by atoms with van der Waals surface area (Å²) in [5.41, 5.74) is 1.73. The molecule has 1 saturated heterocycles. The zero-order valence-electron chi connectivity index (χ0n) is 15.0. The molecule has 1 amide bonds. The van der Waals surface area contributed by atoms with Crippen molar-refractivity contribution < 1.29 is 19.1 Å². The number of imidazole rings is 1. The van der Waals surface area contributed by atoms with Gasteiger partial charge in [0.15, 0.2) is 5.16 Å². The number of carbonyl (C=O) groups excluding carboxylic acids is 2. The zero-order valence-corrected chi connectivity index (χ0v) is 15.8. The standard InChI is InChI=1S/C18H23N3O4S/c1-3-25-17(23)12-6-8-21(9-7-12)16(22)11-26-18-19-14-5-4-13(24-2)10-15(14)20-18/h4-5,10,12H,3,6-9,11H2,1-2H3,(H,19,20). The summed E-state index contributed by atoms with van der Waals surface area (Å²) in [7, 11) is 1.62. The Morgan fingerprint density at radius 2 is 2.12 bits per heavy atom. The summed E-state index contributed by atoms with van der Waals surface area (Å²) in [6.45, 7) is 3.40. The highest BCUT2D eigenvalue weighted by atomic mass is 32.2. The normalized spacial score (nSPS) is 15.2. The highest BCUT2D eigenvalue weighted by molar-refractivity contribution is 7.99. The van der Waals surface area contributed by atoms with Crippen LogP contribution in [0.3, 0.4) is 0 Å². The minimum atomic E-state index is -0.147. The Bertz CT molecular complexity index is 784. The van der Waals surface area contributed by atoms with E-state index in [1.54, 1.807) is 7.11 Å². The van der Waals surface area contributed by atoms with Gasteiger partial charge < -0.3 is 19.4 Å². The maximum absolute atomic E-state index is 12.4. The van der Waals surface area contributed by atoms with Gasteiger partial charge >= 0.3 is 5.97 Å². The predicted octanol–water partition coefficient (Wildman–Crippen LogP) is 2.47. The van der Waals surface area contributed by atoms with Crippen molar-refractivity contribution in [3.8, 4) is 5.75 Å². The van der Waals surface area contributed by atoms with E-state index in [2.05, 4.69) is 9.97 Å². The molecule has 26 heavy (non-hydrogen) atoms. The molecule has 3 rings (SSSR count). The van der Waals surface area contributed by atoms with Crippen LogP contribution < -0.4 is 4.74 Å². The van der Waals surface area contributed by atoms with Crippen LogP contribution in [0, 0.1) is 5.92 Å². The number of H-pyrrole nitrogens is 1. The van der Waals surface area contributed by atoms with Gasteiger partial charge in [-0.15, -0.1) is 0 Å². The number of benzene rings is 1. The van der Waals surface area contributed by atoms with E-state index >= 15 is 0 Å². The number of ether oxygens (including phenoxy) is 2. The number of hydrogen-bond donors (Lipinski definition) is 1. The van der Waals surface area contributed by atoms with Gasteiger partial charge in [0.05, 0.1) is 36.4 Å². The molecule has 1 N–H and O–H groups in total. The Hall–Kier alpha value is -2.22. The smallest absolute Gasteiger partial charge is 0.309 e. The summed E-state index contributed by atoms with van der Waals surface area (Å²) < 4.78 is 10.3. The second-order valence-electron chi connectivity index (χ2n) is 6.12. The molecule has 1 aromatic heterocycles. The highest BCUT2D eigenvalue weighted by Gasteiger charge is 2.28. The maximum Gasteiger partial charge on any atom is 0.309 e. The predicted molar refractivity (Wildman–Crippen MR) is 99.3 cm³/mol. The number of aromatic amines is 1. The van der Waals surface area contributed by atoms with Gasteiger partial charge in [-0.3, -0.25) is 9.59 Å². The first-order valence-electron chi connectivity index (χ1n) is 8.71. The fraction of sp³-hybridized carbons (Fsp3) is 0.500. The minimum absolute atomic E-state index is 0.0651. The Morgan fingerprint density at radius 3 is 2.81 bits per heavy atom. The maximum atomic E-state index is 12.4. The molecule has 0 atom stereocenters. The fourth-order valence-corrected chi connectivity index (χ4v) is 3.79. The first-order valence-corrected chi connectivity index (χ1v) is 9.70. The highest BCUT2D eigenvalue weighted by Crippen LogP contribution is 2.24. The van der Waals surface area contributed by atoms with Gasteiger partial charge in [0.1, 0.15) is 5.75 Å². The van der Waals surface area contributed by atoms with Crippen molar-refractivity contribution in [2.75, 3.05) is 32.6 Å². The second kappa shape index (κ2) is 8.44. The molecule has 1 fully saturated rings. The quantitative estimate of drug-likeness (QED) is 0.615. The van der Waals surface area contributed by atoms with Gasteiger partial charge in [-0.2, -0.15) is 0 Å². The molecular formula is C18H23N3O4S. The number of likely N-dealkylation sites (tertiary alicyclic amines) is 1. The van der Waals surface area contributed by atoms with E-state index < -0.39 is 0 Å². The van der Waals surface area contributed by atoms with E-state index in [1.807, 2.05) is 30.0 Å². The Morgan fingerprint density at radius 1 is 1.35 bits per heavy atom. The number of amides is 1. The van der Waals surface area contributed by atoms with Crippen LogP contribution in [0.15, 0.2) is 23.4 Å². The van der Waals surface area contributed by atoms with E-state index in [-0.39, 0.29) is 17.8 Å². The fourth-order valence-electron chi connectivity index (χ4n) is 3.01. The number of rotatable bonds is 6. The molecule has 140 valence electrons. The third-order valence-electron chi connectivity index (χ3n) is 4.47. The Kier molecular flexibility index (Phi) is 6.03. The van der Waals surface area contributed by atoms with Crippen molar-refractivity contribution in [1.29, 1.82) is 0 Å². The van der Waals surface area contributed by atoms with Crippen LogP contribution in [0.2, 0.25) is 0 Å². The average Bonchev–Trinajstić information content (AvgIpc) is 3.08. The minimum Gasteiger partial charge on any atom is -0.497 e. The number of nitrogens with zero attached hydrogens (tertiary/aromatic N) is 2. The molecule has 1 aliphatic rings. The molecule has 0 unspecified atom stereocenters. The summed E-state index contributed by atoms with van der Waals surface area (Å²) in [5.74, 6) is 0.915. The Balaban J connectivity index is 1.51. The Labute approximate surface area is 156 Å². The van der Waals surface area contributed by atoms with Crippen LogP contribution in [0.1, 0.15) is 19.8 Å². The molecule has 2 heterocycles. The molecule has 0 saturated carbocycles. The van der Waals surface area contributed by atoms with Gasteiger partial charge in [-0.25, -0.2) is 4.98 Å². The molecule has 0 aliphatic carbocycles. The lowest BCUT2D eigenvalue weighted by Gasteiger charge is -2.30. The van der Waals surface area contributed by atoms with Crippen LogP contribution in [0.5, 0.6) is 5.75 Å². The number of thioether (sulfide) groups is 1. The van der Waals surface area contributed by atoms with E-state index in [0.717, 1.165) is 16.8 Å². The number of methoxy groups -OCH3 is 1. The lowest BCUT2D eigenvalue weighted by atomic mass is 9.97. The number of aromatic nitrogens is 2. The number of piperidine rings is 1. The largest absolute Gasteiger partial charge is 0.497 e. The molecule has 1 aliphatic heterocycles. The lowest BCUT2D eigenvalue weighted by molar-refractivity contribution is -0.151. The van der Waals surface area contributed by atoms with Crippen molar-refractivity contribution in [3.05, 3.63) is 18.2 Å². The first kappa shape index (κ1) is 18.6. The van der Waals surface area contributed by atoms with Crippen LogP contribution in [-0.2, 0) is 14.3 Å². The zero-order chi connectivity index (χ0) is 18.5. The summed E-state index contributed by atoms with van der Waals surface area (Å²) in [6, 6.07) is 5.63. The van der Waals surface area contributed by atoms with Crippen LogP contribution >= 0.6 is 11.8 Å². The number of nitrogens with one attached hydrogen (secondary N) is 1. The van der Waals surface area contributed by atoms with Crippen molar-refractivity contribution >= 4 is 34.7 Å². The molecule has 2 aromatic rings. The number of carbonyl (C=O) groups is 2. The molecular weight excluding hydrogens is 354 g/mol. The average molecular weight is 377 g/mol. The molecule has 1 aromatic carbocycles. The lowest BCUT2D eigenvalue weighted by Crippen LogP contribution is -2.41. The summed E-state index contributed by atoms with van der Waals surface area (Å²) in [6.07, 6.45) is 1.33. The van der Waals surface area contributed by atoms with Gasteiger partial charge in [-0.05, 0) is 31.9 Å². The van der Waals surface area contributed by atoms with Gasteiger partial charge in [0.25, 0.3) is 0 Å². The number of hydrogen-bond acceptors (Lipinski definition) is 6. The van der Waals surface area contributed by atoms with Crippen molar-refractivity contribution in [3.63, 3.8) is 0 Å². The molecule has 8 heteroatoms. The van der Waals surface area contributed by atoms with Gasteiger partial charge in [0, 0.05) is 19.2 Å². The van der Waals surface area contributed by atoms with Crippen LogP contribution in [0.4, 0.5) is 0 Å². The molecule has 0 radical (unpaired) electrons. The molecule has 7 nitrogen and oxygen atoms in total. The molecule has 0 spiro atoms. The van der Waals surface area contributed by atoms with Crippen LogP contribution in [-0.4, -0.2) is 59.3 Å². The van der Waals surface area contributed by atoms with Crippen LogP contribution in [0.25, 0.3) is 11.0 Å². The molecule has 0 bridgehead atoms. The third-order valence-corrected chi connectivity index (χ3v) is 5.33. The number of esters is 1.